The van der Waals surface area contributed by atoms with Gasteiger partial charge >= 0.3 is 0 Å². The zero-order valence-electron chi connectivity index (χ0n) is 17.1. The molecule has 2 aromatic heterocycles. The van der Waals surface area contributed by atoms with Crippen LogP contribution in [0.2, 0.25) is 0 Å². The smallest absolute Gasteiger partial charge is 0.209 e. The predicted molar refractivity (Wildman–Crippen MR) is 112 cm³/mol. The Hall–Kier alpha value is -2.87. The first-order chi connectivity index (χ1) is 13.8. The topological polar surface area (TPSA) is 101 Å². The van der Waals surface area contributed by atoms with Crippen LogP contribution in [0.5, 0.6) is 5.75 Å². The summed E-state index contributed by atoms with van der Waals surface area (Å²) in [5, 5.41) is 7.08. The Labute approximate surface area is 173 Å². The van der Waals surface area contributed by atoms with Gasteiger partial charge in [0, 0.05) is 11.3 Å². The van der Waals surface area contributed by atoms with Crippen molar-refractivity contribution in [1.82, 2.24) is 20.2 Å². The number of aromatic amines is 2. The zero-order valence-corrected chi connectivity index (χ0v) is 17.9. The number of carbonyl (C=O) groups is 2. The van der Waals surface area contributed by atoms with E-state index < -0.39 is 5.25 Å². The van der Waals surface area contributed by atoms with Crippen molar-refractivity contribution in [2.75, 3.05) is 0 Å². The molecule has 0 fully saturated rings. The molecule has 0 saturated carbocycles. The number of rotatable bonds is 8. The Morgan fingerprint density at radius 2 is 1.93 bits per heavy atom. The summed E-state index contributed by atoms with van der Waals surface area (Å²) in [4.78, 5) is 32.1. The molecule has 8 heteroatoms. The molecule has 3 aromatic rings. The van der Waals surface area contributed by atoms with Crippen molar-refractivity contribution < 1.29 is 14.3 Å². The first-order valence-corrected chi connectivity index (χ1v) is 10.2. The van der Waals surface area contributed by atoms with Gasteiger partial charge in [-0.3, -0.25) is 14.7 Å². The number of nitrogens with one attached hydrogen (secondary N) is 2. The first-order valence-electron chi connectivity index (χ1n) is 9.28. The Kier molecular flexibility index (Phi) is 6.22. The van der Waals surface area contributed by atoms with Gasteiger partial charge in [0.1, 0.15) is 12.4 Å². The molecule has 0 saturated heterocycles. The van der Waals surface area contributed by atoms with Crippen molar-refractivity contribution in [3.8, 4) is 5.75 Å². The number of H-pyrrole nitrogens is 2. The second kappa shape index (κ2) is 8.65. The number of carbonyl (C=O) groups excluding carboxylic acids is 2. The highest BCUT2D eigenvalue weighted by Crippen LogP contribution is 2.26. The van der Waals surface area contributed by atoms with E-state index in [9.17, 15) is 9.59 Å². The molecule has 3 rings (SSSR count). The van der Waals surface area contributed by atoms with Crippen LogP contribution in [-0.2, 0) is 6.61 Å². The maximum atomic E-state index is 12.9. The third kappa shape index (κ3) is 4.59. The SMILES string of the molecule is CC(=O)c1c(C)[nH]c(C(=O)[C@@H](C)Sc2n[nH]c(COc3ccccc3C)n2)c1C. The lowest BCUT2D eigenvalue weighted by Gasteiger charge is -2.07. The standard InChI is InChI=1S/C21H24N4O3S/c1-11-8-6-7-9-16(11)28-10-17-23-21(25-24-17)29-15(5)20(27)19-12(2)18(14(4)26)13(3)22-19/h6-9,15,22H,10H2,1-5H3,(H,23,24,25)/t15-/m1/s1. The normalized spacial score (nSPS) is 12.0. The fourth-order valence-electron chi connectivity index (χ4n) is 3.20. The first kappa shape index (κ1) is 20.9. The van der Waals surface area contributed by atoms with E-state index in [1.807, 2.05) is 31.2 Å². The van der Waals surface area contributed by atoms with Crippen molar-refractivity contribution >= 4 is 23.3 Å². The van der Waals surface area contributed by atoms with Crippen LogP contribution >= 0.6 is 11.8 Å². The van der Waals surface area contributed by atoms with E-state index >= 15 is 0 Å². The number of hydrogen-bond donors (Lipinski definition) is 2. The van der Waals surface area contributed by atoms with E-state index in [1.54, 1.807) is 20.8 Å². The Morgan fingerprint density at radius 3 is 2.59 bits per heavy atom. The molecule has 0 radical (unpaired) electrons. The largest absolute Gasteiger partial charge is 0.485 e. The molecule has 152 valence electrons. The van der Waals surface area contributed by atoms with E-state index in [4.69, 9.17) is 4.74 Å². The molecule has 2 heterocycles. The maximum Gasteiger partial charge on any atom is 0.209 e. The average Bonchev–Trinajstić information content (AvgIpc) is 3.23. The minimum absolute atomic E-state index is 0.0529. The van der Waals surface area contributed by atoms with Gasteiger partial charge in [0.25, 0.3) is 0 Å². The lowest BCUT2D eigenvalue weighted by molar-refractivity contribution is 0.0988. The number of para-hydroxylation sites is 1. The second-order valence-electron chi connectivity index (χ2n) is 6.92. The van der Waals surface area contributed by atoms with Gasteiger partial charge in [0.15, 0.2) is 17.4 Å². The molecular formula is C21H24N4O3S. The summed E-state index contributed by atoms with van der Waals surface area (Å²) in [6.45, 7) is 9.14. The van der Waals surface area contributed by atoms with Crippen LogP contribution in [0.25, 0.3) is 0 Å². The predicted octanol–water partition coefficient (Wildman–Crippen LogP) is 4.20. The highest BCUT2D eigenvalue weighted by molar-refractivity contribution is 8.00. The van der Waals surface area contributed by atoms with Gasteiger partial charge in [-0.05, 0) is 51.8 Å². The summed E-state index contributed by atoms with van der Waals surface area (Å²) in [6.07, 6.45) is 0. The van der Waals surface area contributed by atoms with Crippen LogP contribution in [-0.4, -0.2) is 37.0 Å². The summed E-state index contributed by atoms with van der Waals surface area (Å²) < 4.78 is 5.77. The molecule has 2 N–H and O–H groups in total. The minimum atomic E-state index is -0.410. The van der Waals surface area contributed by atoms with Crippen molar-refractivity contribution in [1.29, 1.82) is 0 Å². The minimum Gasteiger partial charge on any atom is -0.485 e. The molecule has 7 nitrogen and oxygen atoms in total. The lowest BCUT2D eigenvalue weighted by Crippen LogP contribution is -2.15. The van der Waals surface area contributed by atoms with Crippen LogP contribution in [0.15, 0.2) is 29.4 Å². The Bertz CT molecular complexity index is 1050. The summed E-state index contributed by atoms with van der Waals surface area (Å²) in [5.41, 5.74) is 3.49. The van der Waals surface area contributed by atoms with E-state index in [0.29, 0.717) is 33.5 Å². The highest BCUT2D eigenvalue weighted by atomic mass is 32.2. The Balaban J connectivity index is 1.65. The number of aryl methyl sites for hydroxylation is 2. The number of benzene rings is 1. The van der Waals surface area contributed by atoms with Crippen LogP contribution in [0.4, 0.5) is 0 Å². The van der Waals surface area contributed by atoms with Crippen molar-refractivity contribution in [3.05, 3.63) is 58.2 Å². The molecule has 29 heavy (non-hydrogen) atoms. The van der Waals surface area contributed by atoms with E-state index in [2.05, 4.69) is 20.2 Å². The monoisotopic (exact) mass is 412 g/mol. The van der Waals surface area contributed by atoms with Gasteiger partial charge in [0.05, 0.1) is 10.9 Å². The van der Waals surface area contributed by atoms with Crippen LogP contribution in [0.1, 0.15) is 57.3 Å². The highest BCUT2D eigenvalue weighted by Gasteiger charge is 2.25. The van der Waals surface area contributed by atoms with Crippen molar-refractivity contribution in [2.24, 2.45) is 0 Å². The lowest BCUT2D eigenvalue weighted by atomic mass is 10.0. The van der Waals surface area contributed by atoms with Crippen LogP contribution < -0.4 is 4.74 Å². The van der Waals surface area contributed by atoms with Gasteiger partial charge in [-0.1, -0.05) is 30.0 Å². The van der Waals surface area contributed by atoms with Gasteiger partial charge in [0.2, 0.25) is 5.16 Å². The van der Waals surface area contributed by atoms with E-state index in [-0.39, 0.29) is 18.2 Å². The molecule has 0 amide bonds. The third-order valence-electron chi connectivity index (χ3n) is 4.66. The molecule has 0 aliphatic heterocycles. The van der Waals surface area contributed by atoms with Crippen LogP contribution in [0, 0.1) is 20.8 Å². The molecule has 0 aliphatic carbocycles. The second-order valence-corrected chi connectivity index (χ2v) is 8.23. The molecule has 0 aliphatic rings. The number of Topliss-reactive ketones (excluding diaryl/α,β-unsaturated/α-hetero) is 2. The Morgan fingerprint density at radius 1 is 1.21 bits per heavy atom. The molecule has 1 atom stereocenters. The van der Waals surface area contributed by atoms with Crippen molar-refractivity contribution in [3.63, 3.8) is 0 Å². The third-order valence-corrected chi connectivity index (χ3v) is 5.62. The molecule has 1 aromatic carbocycles. The van der Waals surface area contributed by atoms with E-state index in [1.165, 1.54) is 18.7 Å². The summed E-state index contributed by atoms with van der Waals surface area (Å²) in [7, 11) is 0. The number of ketones is 2. The fourth-order valence-corrected chi connectivity index (χ4v) is 4.00. The van der Waals surface area contributed by atoms with Gasteiger partial charge in [-0.2, -0.15) is 0 Å². The van der Waals surface area contributed by atoms with Gasteiger partial charge in [-0.25, -0.2) is 4.98 Å². The van der Waals surface area contributed by atoms with E-state index in [0.717, 1.165) is 11.3 Å². The number of thioether (sulfide) groups is 1. The maximum absolute atomic E-state index is 12.9. The molecular weight excluding hydrogens is 388 g/mol. The molecule has 0 unspecified atom stereocenters. The summed E-state index contributed by atoms with van der Waals surface area (Å²) in [6, 6.07) is 7.75. The number of nitrogens with zero attached hydrogens (tertiary/aromatic N) is 2. The summed E-state index contributed by atoms with van der Waals surface area (Å²) >= 11 is 1.26. The average molecular weight is 413 g/mol. The van der Waals surface area contributed by atoms with Crippen LogP contribution in [0.3, 0.4) is 0 Å². The number of aromatic nitrogens is 4. The molecule has 0 bridgehead atoms. The summed E-state index contributed by atoms with van der Waals surface area (Å²) in [5.74, 6) is 1.23. The zero-order chi connectivity index (χ0) is 21.1. The number of ether oxygens (including phenoxy) is 1. The molecule has 0 spiro atoms. The number of hydrogen-bond acceptors (Lipinski definition) is 6. The van der Waals surface area contributed by atoms with Crippen molar-refractivity contribution in [2.45, 2.75) is 51.6 Å². The van der Waals surface area contributed by atoms with Gasteiger partial charge in [-0.15, -0.1) is 5.10 Å². The quantitative estimate of drug-likeness (QED) is 0.425. The fraction of sp³-hybridized carbons (Fsp3) is 0.333. The van der Waals surface area contributed by atoms with Gasteiger partial charge < -0.3 is 9.72 Å².